The molecule has 0 spiro atoms. The summed E-state index contributed by atoms with van der Waals surface area (Å²) in [6.07, 6.45) is 4.03. The van der Waals surface area contributed by atoms with E-state index in [0.717, 1.165) is 6.21 Å². The van der Waals surface area contributed by atoms with Gasteiger partial charge in [-0.3, -0.25) is 4.79 Å². The van der Waals surface area contributed by atoms with Crippen LogP contribution in [0.25, 0.3) is 5.57 Å². The monoisotopic (exact) mass is 217 g/mol. The number of halogens is 1. The van der Waals surface area contributed by atoms with Gasteiger partial charge in [0, 0.05) is 22.9 Å². The van der Waals surface area contributed by atoms with Crippen LogP contribution < -0.4 is 0 Å². The zero-order valence-corrected chi connectivity index (χ0v) is 8.96. The molecule has 2 nitrogen and oxygen atoms in total. The van der Waals surface area contributed by atoms with E-state index in [1.807, 2.05) is 0 Å². The number of carbonyl (C=O) groups excluding carboxylic acids is 1. The molecule has 0 saturated carbocycles. The summed E-state index contributed by atoms with van der Waals surface area (Å²) < 4.78 is 13.5. The molecule has 0 fully saturated rings. The Morgan fingerprint density at radius 1 is 1.50 bits per heavy atom. The van der Waals surface area contributed by atoms with Gasteiger partial charge in [-0.05, 0) is 25.1 Å². The average molecular weight is 217 g/mol. The number of hydrogen-bond acceptors (Lipinski definition) is 2. The number of rotatable bonds is 4. The molecule has 0 aliphatic rings. The van der Waals surface area contributed by atoms with Crippen molar-refractivity contribution in [2.45, 2.75) is 6.92 Å². The van der Waals surface area contributed by atoms with Gasteiger partial charge in [0.1, 0.15) is 5.82 Å². The van der Waals surface area contributed by atoms with Crippen LogP contribution in [0.15, 0.2) is 36.9 Å². The second-order valence-corrected chi connectivity index (χ2v) is 3.25. The zero-order chi connectivity index (χ0) is 12.1. The van der Waals surface area contributed by atoms with Gasteiger partial charge in [-0.25, -0.2) is 4.39 Å². The number of benzene rings is 1. The maximum atomic E-state index is 13.5. The van der Waals surface area contributed by atoms with E-state index < -0.39 is 5.82 Å². The lowest BCUT2D eigenvalue weighted by Crippen LogP contribution is -1.97. The third-order valence-corrected chi connectivity index (χ3v) is 2.14. The van der Waals surface area contributed by atoms with Crippen molar-refractivity contribution in [2.24, 2.45) is 0 Å². The number of hydrogen-bond donors (Lipinski definition) is 1. The molecule has 0 aliphatic heterocycles. The molecule has 0 aromatic heterocycles. The Morgan fingerprint density at radius 3 is 2.69 bits per heavy atom. The van der Waals surface area contributed by atoms with Crippen molar-refractivity contribution in [3.63, 3.8) is 0 Å². The summed E-state index contributed by atoms with van der Waals surface area (Å²) in [5, 5.41) is 7.18. The van der Waals surface area contributed by atoms with Crippen molar-refractivity contribution in [3.8, 4) is 0 Å². The molecule has 3 heteroatoms. The lowest BCUT2D eigenvalue weighted by Gasteiger charge is -2.05. The third kappa shape index (κ3) is 2.51. The Balaban J connectivity index is 3.36. The predicted octanol–water partition coefficient (Wildman–Crippen LogP) is 3.25. The van der Waals surface area contributed by atoms with E-state index in [1.165, 1.54) is 37.3 Å². The molecule has 0 radical (unpaired) electrons. The topological polar surface area (TPSA) is 40.9 Å². The van der Waals surface area contributed by atoms with E-state index in [9.17, 15) is 9.18 Å². The summed E-state index contributed by atoms with van der Waals surface area (Å²) in [7, 11) is 0. The zero-order valence-electron chi connectivity index (χ0n) is 8.96. The number of ketones is 1. The molecule has 1 aromatic carbocycles. The lowest BCUT2D eigenvalue weighted by molar-refractivity contribution is 0.101. The highest BCUT2D eigenvalue weighted by Gasteiger charge is 2.08. The van der Waals surface area contributed by atoms with E-state index in [-0.39, 0.29) is 11.3 Å². The first kappa shape index (κ1) is 12.0. The van der Waals surface area contributed by atoms with E-state index >= 15 is 0 Å². The standard InChI is InChI=1S/C13H12FNO/c1-3-4-11(8-15)12-7-10(9(2)16)5-6-13(12)14/h3-8,15H,1H2,2H3/b11-4+,15-8?. The third-order valence-electron chi connectivity index (χ3n) is 2.14. The van der Waals surface area contributed by atoms with Crippen LogP contribution in [0.4, 0.5) is 4.39 Å². The fraction of sp³-hybridized carbons (Fsp3) is 0.0769. The molecule has 82 valence electrons. The summed E-state index contributed by atoms with van der Waals surface area (Å²) in [6.45, 7) is 4.91. The quantitative estimate of drug-likeness (QED) is 0.469. The molecule has 0 atom stereocenters. The van der Waals surface area contributed by atoms with Crippen LogP contribution in [0.3, 0.4) is 0 Å². The molecule has 0 aliphatic carbocycles. The molecule has 1 rings (SSSR count). The molecule has 1 N–H and O–H groups in total. The van der Waals surface area contributed by atoms with Crippen molar-refractivity contribution in [3.05, 3.63) is 53.9 Å². The molecule has 0 bridgehead atoms. The van der Waals surface area contributed by atoms with Crippen molar-refractivity contribution in [2.75, 3.05) is 0 Å². The van der Waals surface area contributed by atoms with E-state index in [1.54, 1.807) is 0 Å². The van der Waals surface area contributed by atoms with E-state index in [2.05, 4.69) is 6.58 Å². The van der Waals surface area contributed by atoms with Gasteiger partial charge in [-0.2, -0.15) is 0 Å². The second-order valence-electron chi connectivity index (χ2n) is 3.25. The predicted molar refractivity (Wildman–Crippen MR) is 63.4 cm³/mol. The van der Waals surface area contributed by atoms with Crippen LogP contribution in [0, 0.1) is 11.2 Å². The van der Waals surface area contributed by atoms with Gasteiger partial charge in [-0.15, -0.1) is 0 Å². The van der Waals surface area contributed by atoms with Gasteiger partial charge >= 0.3 is 0 Å². The summed E-state index contributed by atoms with van der Waals surface area (Å²) in [5.41, 5.74) is 1.05. The highest BCUT2D eigenvalue weighted by molar-refractivity contribution is 6.09. The van der Waals surface area contributed by atoms with Gasteiger partial charge in [0.05, 0.1) is 0 Å². The molecular weight excluding hydrogens is 205 g/mol. The maximum absolute atomic E-state index is 13.5. The molecule has 0 unspecified atom stereocenters. The van der Waals surface area contributed by atoms with Gasteiger partial charge in [0.25, 0.3) is 0 Å². The van der Waals surface area contributed by atoms with Crippen LogP contribution in [-0.4, -0.2) is 12.0 Å². The minimum absolute atomic E-state index is 0.135. The first-order valence-electron chi connectivity index (χ1n) is 4.74. The van der Waals surface area contributed by atoms with Crippen molar-refractivity contribution < 1.29 is 9.18 Å². The fourth-order valence-electron chi connectivity index (χ4n) is 1.31. The summed E-state index contributed by atoms with van der Waals surface area (Å²) >= 11 is 0. The summed E-state index contributed by atoms with van der Waals surface area (Å²) in [6, 6.07) is 4.10. The summed E-state index contributed by atoms with van der Waals surface area (Å²) in [5.74, 6) is -0.592. The van der Waals surface area contributed by atoms with Crippen molar-refractivity contribution in [1.29, 1.82) is 5.41 Å². The first-order valence-corrected chi connectivity index (χ1v) is 4.74. The smallest absolute Gasteiger partial charge is 0.159 e. The average Bonchev–Trinajstić information content (AvgIpc) is 2.26. The number of carbonyl (C=O) groups is 1. The first-order chi connectivity index (χ1) is 7.60. The summed E-state index contributed by atoms with van der Waals surface area (Å²) in [4.78, 5) is 11.2. The largest absolute Gasteiger partial charge is 0.308 e. The Labute approximate surface area is 93.6 Å². The molecule has 0 saturated heterocycles. The number of allylic oxidation sites excluding steroid dienone is 3. The van der Waals surface area contributed by atoms with Gasteiger partial charge in [0.2, 0.25) is 0 Å². The van der Waals surface area contributed by atoms with Crippen LogP contribution in [0.2, 0.25) is 0 Å². The SMILES string of the molecule is C=C/C=C(\C=N)c1cc(C(C)=O)ccc1F. The Kier molecular flexibility index (Phi) is 3.89. The second kappa shape index (κ2) is 5.16. The number of nitrogens with one attached hydrogen (secondary N) is 1. The Hall–Kier alpha value is -2.03. The number of Topliss-reactive ketones (excluding diaryl/α,β-unsaturated/α-hetero) is 1. The molecule has 1 aromatic rings. The minimum Gasteiger partial charge on any atom is -0.308 e. The van der Waals surface area contributed by atoms with Crippen LogP contribution in [0.5, 0.6) is 0 Å². The highest BCUT2D eigenvalue weighted by Crippen LogP contribution is 2.19. The fourth-order valence-corrected chi connectivity index (χ4v) is 1.31. The Morgan fingerprint density at radius 2 is 2.19 bits per heavy atom. The van der Waals surface area contributed by atoms with Crippen molar-refractivity contribution in [1.82, 2.24) is 0 Å². The maximum Gasteiger partial charge on any atom is 0.159 e. The van der Waals surface area contributed by atoms with Gasteiger partial charge < -0.3 is 5.41 Å². The van der Waals surface area contributed by atoms with Gasteiger partial charge in [-0.1, -0.05) is 18.7 Å². The van der Waals surface area contributed by atoms with E-state index in [0.29, 0.717) is 11.1 Å². The van der Waals surface area contributed by atoms with E-state index in [4.69, 9.17) is 5.41 Å². The van der Waals surface area contributed by atoms with Gasteiger partial charge in [0.15, 0.2) is 5.78 Å². The molecule has 0 heterocycles. The lowest BCUT2D eigenvalue weighted by atomic mass is 10.0. The van der Waals surface area contributed by atoms with Crippen LogP contribution in [-0.2, 0) is 0 Å². The molecule has 16 heavy (non-hydrogen) atoms. The highest BCUT2D eigenvalue weighted by atomic mass is 19.1. The molecule has 0 amide bonds. The minimum atomic E-state index is -0.457. The Bertz CT molecular complexity index is 475. The normalized spacial score (nSPS) is 11.0. The van der Waals surface area contributed by atoms with Crippen molar-refractivity contribution >= 4 is 17.6 Å². The molecular formula is C13H12FNO. The van der Waals surface area contributed by atoms with Crippen LogP contribution in [0.1, 0.15) is 22.8 Å². The van der Waals surface area contributed by atoms with Crippen LogP contribution >= 0.6 is 0 Å².